The number of aryl methyl sites for hydroxylation is 3. The van der Waals surface area contributed by atoms with E-state index in [-0.39, 0.29) is 5.91 Å². The minimum atomic E-state index is -0.132. The first-order valence-electron chi connectivity index (χ1n) is 7.98. The number of rotatable bonds is 4. The van der Waals surface area contributed by atoms with Crippen LogP contribution in [0.4, 0.5) is 5.13 Å². The summed E-state index contributed by atoms with van der Waals surface area (Å²) >= 11 is 1.48. The number of hydrogen-bond donors (Lipinski definition) is 1. The van der Waals surface area contributed by atoms with E-state index in [9.17, 15) is 4.79 Å². The van der Waals surface area contributed by atoms with E-state index in [4.69, 9.17) is 4.74 Å². The maximum absolute atomic E-state index is 12.5. The number of carbonyl (C=O) groups excluding carboxylic acids is 1. The Labute approximate surface area is 151 Å². The lowest BCUT2D eigenvalue weighted by Crippen LogP contribution is -2.13. The van der Waals surface area contributed by atoms with Crippen LogP contribution in [0, 0.1) is 20.8 Å². The number of nitrogens with one attached hydrogen (secondary N) is 1. The molecule has 1 heterocycles. The molecule has 1 aromatic heterocycles. The van der Waals surface area contributed by atoms with E-state index in [1.165, 1.54) is 11.3 Å². The molecule has 0 spiro atoms. The molecule has 2 aromatic carbocycles. The fraction of sp³-hybridized carbons (Fsp3) is 0.200. The summed E-state index contributed by atoms with van der Waals surface area (Å²) in [4.78, 5) is 18.2. The summed E-state index contributed by atoms with van der Waals surface area (Å²) in [7, 11) is 1.64. The van der Waals surface area contributed by atoms with Gasteiger partial charge in [0, 0.05) is 16.0 Å². The Kier molecular flexibility index (Phi) is 4.86. The van der Waals surface area contributed by atoms with Crippen molar-refractivity contribution in [2.75, 3.05) is 12.4 Å². The van der Waals surface area contributed by atoms with Gasteiger partial charge in [0.2, 0.25) is 0 Å². The predicted octanol–water partition coefficient (Wildman–Crippen LogP) is 5.00. The highest BCUT2D eigenvalue weighted by molar-refractivity contribution is 7.16. The Morgan fingerprint density at radius 2 is 1.80 bits per heavy atom. The molecule has 5 heteroatoms. The second kappa shape index (κ2) is 7.07. The SMILES string of the molecule is COc1ccc(-c2nc(NC(=O)c3ccc(C)cc3C)sc2C)cc1. The molecule has 1 amide bonds. The average molecular weight is 352 g/mol. The third-order valence-corrected chi connectivity index (χ3v) is 4.89. The highest BCUT2D eigenvalue weighted by Crippen LogP contribution is 2.31. The summed E-state index contributed by atoms with van der Waals surface area (Å²) in [5.41, 5.74) is 4.65. The first kappa shape index (κ1) is 17.2. The minimum absolute atomic E-state index is 0.132. The number of ether oxygens (including phenoxy) is 1. The number of hydrogen-bond acceptors (Lipinski definition) is 4. The highest BCUT2D eigenvalue weighted by atomic mass is 32.1. The van der Waals surface area contributed by atoms with Gasteiger partial charge >= 0.3 is 0 Å². The maximum atomic E-state index is 12.5. The minimum Gasteiger partial charge on any atom is -0.497 e. The fourth-order valence-electron chi connectivity index (χ4n) is 2.70. The molecule has 0 atom stereocenters. The van der Waals surface area contributed by atoms with Crippen LogP contribution < -0.4 is 10.1 Å². The third-order valence-electron chi connectivity index (χ3n) is 4.01. The van der Waals surface area contributed by atoms with Gasteiger partial charge in [0.25, 0.3) is 5.91 Å². The molecule has 0 saturated heterocycles. The normalized spacial score (nSPS) is 10.6. The van der Waals surface area contributed by atoms with Gasteiger partial charge in [0.1, 0.15) is 5.75 Å². The molecule has 0 saturated carbocycles. The summed E-state index contributed by atoms with van der Waals surface area (Å²) in [5.74, 6) is 0.674. The molecule has 4 nitrogen and oxygen atoms in total. The molecule has 0 aliphatic rings. The predicted molar refractivity (Wildman–Crippen MR) is 103 cm³/mol. The quantitative estimate of drug-likeness (QED) is 0.719. The van der Waals surface area contributed by atoms with Crippen LogP contribution >= 0.6 is 11.3 Å². The molecule has 25 heavy (non-hydrogen) atoms. The summed E-state index contributed by atoms with van der Waals surface area (Å²) in [6.07, 6.45) is 0. The molecule has 128 valence electrons. The van der Waals surface area contributed by atoms with E-state index in [2.05, 4.69) is 10.3 Å². The van der Waals surface area contributed by atoms with E-state index < -0.39 is 0 Å². The number of benzene rings is 2. The van der Waals surface area contributed by atoms with Crippen LogP contribution in [0.2, 0.25) is 0 Å². The monoisotopic (exact) mass is 352 g/mol. The van der Waals surface area contributed by atoms with E-state index in [1.54, 1.807) is 7.11 Å². The molecule has 0 radical (unpaired) electrons. The molecular weight excluding hydrogens is 332 g/mol. The Hall–Kier alpha value is -2.66. The maximum Gasteiger partial charge on any atom is 0.257 e. The van der Waals surface area contributed by atoms with Crippen molar-refractivity contribution in [3.8, 4) is 17.0 Å². The number of amides is 1. The number of carbonyl (C=O) groups is 1. The van der Waals surface area contributed by atoms with Gasteiger partial charge < -0.3 is 4.74 Å². The zero-order valence-corrected chi connectivity index (χ0v) is 15.5. The number of anilines is 1. The second-order valence-electron chi connectivity index (χ2n) is 5.92. The van der Waals surface area contributed by atoms with Gasteiger partial charge in [-0.2, -0.15) is 0 Å². The van der Waals surface area contributed by atoms with Crippen molar-refractivity contribution in [2.24, 2.45) is 0 Å². The van der Waals surface area contributed by atoms with Crippen molar-refractivity contribution >= 4 is 22.4 Å². The van der Waals surface area contributed by atoms with Crippen LogP contribution in [-0.2, 0) is 0 Å². The molecule has 1 N–H and O–H groups in total. The van der Waals surface area contributed by atoms with Gasteiger partial charge in [-0.1, -0.05) is 17.7 Å². The molecule has 0 aliphatic carbocycles. The average Bonchev–Trinajstić information content (AvgIpc) is 2.95. The van der Waals surface area contributed by atoms with Crippen molar-refractivity contribution < 1.29 is 9.53 Å². The number of thiazole rings is 1. The van der Waals surface area contributed by atoms with Gasteiger partial charge in [-0.15, -0.1) is 11.3 Å². The van der Waals surface area contributed by atoms with E-state index >= 15 is 0 Å². The largest absolute Gasteiger partial charge is 0.497 e. The summed E-state index contributed by atoms with van der Waals surface area (Å²) < 4.78 is 5.19. The van der Waals surface area contributed by atoms with Crippen LogP contribution in [-0.4, -0.2) is 18.0 Å². The Balaban J connectivity index is 1.83. The lowest BCUT2D eigenvalue weighted by molar-refractivity contribution is 0.102. The second-order valence-corrected chi connectivity index (χ2v) is 7.13. The van der Waals surface area contributed by atoms with Crippen molar-refractivity contribution in [1.29, 1.82) is 0 Å². The molecule has 0 unspecified atom stereocenters. The number of aromatic nitrogens is 1. The topological polar surface area (TPSA) is 51.2 Å². The summed E-state index contributed by atoms with van der Waals surface area (Å²) in [6.45, 7) is 5.96. The Morgan fingerprint density at radius 1 is 1.08 bits per heavy atom. The zero-order valence-electron chi connectivity index (χ0n) is 14.7. The van der Waals surface area contributed by atoms with Crippen molar-refractivity contribution in [3.63, 3.8) is 0 Å². The van der Waals surface area contributed by atoms with Gasteiger partial charge in [-0.05, 0) is 56.7 Å². The fourth-order valence-corrected chi connectivity index (χ4v) is 3.53. The smallest absolute Gasteiger partial charge is 0.257 e. The van der Waals surface area contributed by atoms with Crippen LogP contribution in [0.25, 0.3) is 11.3 Å². The van der Waals surface area contributed by atoms with Crippen LogP contribution in [0.5, 0.6) is 5.75 Å². The summed E-state index contributed by atoms with van der Waals surface area (Å²) in [5, 5.41) is 3.52. The molecule has 0 fully saturated rings. The lowest BCUT2D eigenvalue weighted by Gasteiger charge is -2.06. The van der Waals surface area contributed by atoms with Crippen molar-refractivity contribution in [2.45, 2.75) is 20.8 Å². The molecule has 3 rings (SSSR count). The number of methoxy groups -OCH3 is 1. The van der Waals surface area contributed by atoms with Crippen LogP contribution in [0.15, 0.2) is 42.5 Å². The van der Waals surface area contributed by atoms with Gasteiger partial charge in [-0.25, -0.2) is 4.98 Å². The third kappa shape index (κ3) is 3.72. The van der Waals surface area contributed by atoms with E-state index in [1.807, 2.05) is 63.2 Å². The van der Waals surface area contributed by atoms with Crippen molar-refractivity contribution in [3.05, 3.63) is 64.0 Å². The van der Waals surface area contributed by atoms with Crippen molar-refractivity contribution in [1.82, 2.24) is 4.98 Å². The highest BCUT2D eigenvalue weighted by Gasteiger charge is 2.14. The van der Waals surface area contributed by atoms with E-state index in [0.29, 0.717) is 10.7 Å². The standard InChI is InChI=1S/C20H20N2O2S/c1-12-5-10-17(13(2)11-12)19(23)22-20-21-18(14(3)25-20)15-6-8-16(24-4)9-7-15/h5-11H,1-4H3,(H,21,22,23). The van der Waals surface area contributed by atoms with Crippen LogP contribution in [0.3, 0.4) is 0 Å². The molecular formula is C20H20N2O2S. The Morgan fingerprint density at radius 3 is 2.44 bits per heavy atom. The summed E-state index contributed by atoms with van der Waals surface area (Å²) in [6, 6.07) is 13.5. The molecule has 0 bridgehead atoms. The van der Waals surface area contributed by atoms with Gasteiger partial charge in [-0.3, -0.25) is 10.1 Å². The van der Waals surface area contributed by atoms with Crippen LogP contribution in [0.1, 0.15) is 26.4 Å². The molecule has 3 aromatic rings. The van der Waals surface area contributed by atoms with Gasteiger partial charge in [0.15, 0.2) is 5.13 Å². The zero-order chi connectivity index (χ0) is 18.0. The van der Waals surface area contributed by atoms with E-state index in [0.717, 1.165) is 33.0 Å². The first-order valence-corrected chi connectivity index (χ1v) is 8.80. The number of nitrogens with zero attached hydrogens (tertiary/aromatic N) is 1. The lowest BCUT2D eigenvalue weighted by atomic mass is 10.1. The Bertz CT molecular complexity index is 914. The van der Waals surface area contributed by atoms with Gasteiger partial charge in [0.05, 0.1) is 12.8 Å². The first-order chi connectivity index (χ1) is 12.0. The molecule has 0 aliphatic heterocycles.